The zero-order valence-corrected chi connectivity index (χ0v) is 24.1. The Bertz CT molecular complexity index is 930. The van der Waals surface area contributed by atoms with Crippen molar-refractivity contribution < 1.29 is 19.1 Å². The second kappa shape index (κ2) is 9.95. The van der Waals surface area contributed by atoms with E-state index in [1.807, 2.05) is 0 Å². The highest BCUT2D eigenvalue weighted by Crippen LogP contribution is 2.66. The molecular weight excluding hydrogens is 448 g/mol. The summed E-state index contributed by atoms with van der Waals surface area (Å²) < 4.78 is 11.8. The minimum absolute atomic E-state index is 0.190. The molecule has 0 N–H and O–H groups in total. The molecule has 0 aromatic carbocycles. The summed E-state index contributed by atoms with van der Waals surface area (Å²) in [6.07, 6.45) is 14.1. The first kappa shape index (κ1) is 27.5. The van der Waals surface area contributed by atoms with E-state index in [1.54, 1.807) is 0 Å². The molecule has 0 aliphatic heterocycles. The summed E-state index contributed by atoms with van der Waals surface area (Å²) in [5.41, 5.74) is 2.38. The molecule has 8 atom stereocenters. The molecule has 4 nitrogen and oxygen atoms in total. The van der Waals surface area contributed by atoms with Crippen LogP contribution in [0.5, 0.6) is 0 Å². The van der Waals surface area contributed by atoms with Crippen molar-refractivity contribution in [1.29, 1.82) is 0 Å². The third-order valence-corrected chi connectivity index (χ3v) is 11.2. The molecule has 0 spiro atoms. The third kappa shape index (κ3) is 4.60. The fourth-order valence-corrected chi connectivity index (χ4v) is 8.63. The highest BCUT2D eigenvalue weighted by Gasteiger charge is 2.62. The predicted molar refractivity (Wildman–Crippen MR) is 144 cm³/mol. The number of hydrogen-bond donors (Lipinski definition) is 0. The molecule has 202 valence electrons. The normalized spacial score (nSPS) is 39.2. The Morgan fingerprint density at radius 1 is 0.972 bits per heavy atom. The molecule has 0 saturated heterocycles. The van der Waals surface area contributed by atoms with Crippen molar-refractivity contribution in [2.45, 2.75) is 125 Å². The molecular formula is C32H50O4. The van der Waals surface area contributed by atoms with E-state index in [4.69, 9.17) is 9.47 Å². The van der Waals surface area contributed by atoms with Crippen LogP contribution in [0.25, 0.3) is 0 Å². The molecule has 4 aliphatic rings. The van der Waals surface area contributed by atoms with E-state index in [2.05, 4.69) is 53.7 Å². The van der Waals surface area contributed by atoms with Crippen molar-refractivity contribution in [2.24, 2.45) is 40.4 Å². The Morgan fingerprint density at radius 2 is 1.69 bits per heavy atom. The molecule has 0 aromatic rings. The summed E-state index contributed by atoms with van der Waals surface area (Å²) in [7, 11) is 0. The molecule has 0 bridgehead atoms. The van der Waals surface area contributed by atoms with Crippen molar-refractivity contribution in [3.05, 3.63) is 23.3 Å². The van der Waals surface area contributed by atoms with Crippen molar-refractivity contribution in [3.8, 4) is 0 Å². The lowest BCUT2D eigenvalue weighted by Gasteiger charge is -2.58. The maximum Gasteiger partial charge on any atom is 0.303 e. The first-order chi connectivity index (χ1) is 16.8. The number of carbonyl (C=O) groups excluding carboxylic acids is 2. The van der Waals surface area contributed by atoms with Gasteiger partial charge in [-0.2, -0.15) is 0 Å². The van der Waals surface area contributed by atoms with E-state index in [9.17, 15) is 9.59 Å². The summed E-state index contributed by atoms with van der Waals surface area (Å²) in [6, 6.07) is 0. The largest absolute Gasteiger partial charge is 0.462 e. The lowest BCUT2D eigenvalue weighted by molar-refractivity contribution is -0.190. The van der Waals surface area contributed by atoms with Gasteiger partial charge in [-0.3, -0.25) is 9.59 Å². The topological polar surface area (TPSA) is 52.6 Å². The van der Waals surface area contributed by atoms with Gasteiger partial charge in [-0.1, -0.05) is 66.5 Å². The monoisotopic (exact) mass is 498 g/mol. The van der Waals surface area contributed by atoms with Gasteiger partial charge in [0.1, 0.15) is 11.7 Å². The van der Waals surface area contributed by atoms with Crippen molar-refractivity contribution in [2.75, 3.05) is 0 Å². The number of carbonyl (C=O) groups is 2. The SMILES string of the molecule is CC(=O)O[C@@H]1CC[C@]2(C)C3=CC[C@]4(C)[C@H](CC[C@@H]4[C@H](C)CC[C@H](C)C(C)C)C3=CC[C@@]2(OC(C)=O)C1. The molecule has 0 aromatic heterocycles. The van der Waals surface area contributed by atoms with Crippen LogP contribution in [0.2, 0.25) is 0 Å². The smallest absolute Gasteiger partial charge is 0.303 e. The molecule has 36 heavy (non-hydrogen) atoms. The number of allylic oxidation sites excluding steroid dienone is 2. The Morgan fingerprint density at radius 3 is 2.33 bits per heavy atom. The molecule has 4 rings (SSSR count). The zero-order chi connectivity index (χ0) is 26.5. The van der Waals surface area contributed by atoms with E-state index in [0.717, 1.165) is 42.9 Å². The number of ether oxygens (including phenoxy) is 2. The number of fused-ring (bicyclic) bond motifs is 5. The van der Waals surface area contributed by atoms with Crippen LogP contribution in [0, 0.1) is 40.4 Å². The summed E-state index contributed by atoms with van der Waals surface area (Å²) in [4.78, 5) is 24.0. The molecule has 0 heterocycles. The van der Waals surface area contributed by atoms with Crippen LogP contribution in [0.15, 0.2) is 23.3 Å². The number of esters is 2. The van der Waals surface area contributed by atoms with Gasteiger partial charge >= 0.3 is 11.9 Å². The van der Waals surface area contributed by atoms with Gasteiger partial charge in [0.25, 0.3) is 0 Å². The summed E-state index contributed by atoms with van der Waals surface area (Å²) in [5, 5.41) is 0. The number of hydrogen-bond acceptors (Lipinski definition) is 4. The first-order valence-corrected chi connectivity index (χ1v) is 14.6. The molecule has 0 unspecified atom stereocenters. The lowest BCUT2D eigenvalue weighted by Crippen LogP contribution is -2.58. The van der Waals surface area contributed by atoms with Crippen molar-refractivity contribution in [3.63, 3.8) is 0 Å². The third-order valence-electron chi connectivity index (χ3n) is 11.2. The van der Waals surface area contributed by atoms with Crippen LogP contribution >= 0.6 is 0 Å². The molecule has 2 fully saturated rings. The van der Waals surface area contributed by atoms with Gasteiger partial charge in [0.05, 0.1) is 0 Å². The van der Waals surface area contributed by atoms with Crippen LogP contribution in [0.4, 0.5) is 0 Å². The molecule has 4 aliphatic carbocycles. The van der Waals surface area contributed by atoms with Gasteiger partial charge in [-0.25, -0.2) is 0 Å². The minimum atomic E-state index is -0.640. The van der Waals surface area contributed by atoms with E-state index in [0.29, 0.717) is 24.2 Å². The molecule has 0 radical (unpaired) electrons. The Balaban J connectivity index is 1.61. The Hall–Kier alpha value is -1.58. The molecule has 4 heteroatoms. The van der Waals surface area contributed by atoms with Gasteiger partial charge in [-0.05, 0) is 78.3 Å². The van der Waals surface area contributed by atoms with E-state index in [1.165, 1.54) is 50.7 Å². The average Bonchev–Trinajstić information content (AvgIpc) is 3.14. The van der Waals surface area contributed by atoms with E-state index in [-0.39, 0.29) is 23.5 Å². The van der Waals surface area contributed by atoms with Gasteiger partial charge in [0.2, 0.25) is 0 Å². The van der Waals surface area contributed by atoms with Crippen LogP contribution in [0.3, 0.4) is 0 Å². The van der Waals surface area contributed by atoms with Gasteiger partial charge in [0, 0.05) is 32.1 Å². The quantitative estimate of drug-likeness (QED) is 0.336. The second-order valence-corrected chi connectivity index (χ2v) is 13.6. The zero-order valence-electron chi connectivity index (χ0n) is 24.1. The maximum absolute atomic E-state index is 12.3. The van der Waals surface area contributed by atoms with Gasteiger partial charge in [0.15, 0.2) is 0 Å². The minimum Gasteiger partial charge on any atom is -0.462 e. The van der Waals surface area contributed by atoms with E-state index < -0.39 is 5.60 Å². The fourth-order valence-electron chi connectivity index (χ4n) is 8.63. The van der Waals surface area contributed by atoms with Gasteiger partial charge < -0.3 is 9.47 Å². The second-order valence-electron chi connectivity index (χ2n) is 13.6. The lowest BCUT2D eigenvalue weighted by atomic mass is 9.50. The van der Waals surface area contributed by atoms with E-state index >= 15 is 0 Å². The summed E-state index contributed by atoms with van der Waals surface area (Å²) in [6.45, 7) is 17.5. The number of rotatable bonds is 7. The standard InChI is InChI=1S/C32H50O4/c1-20(2)21(3)9-10-22(4)27-11-12-28-26-14-18-32(36-24(6)34)19-25(35-23(5)33)13-17-31(32,8)29(26)15-16-30(27,28)7/h14-15,20-22,25,27-28H,9-13,16-19H2,1-8H3/t21-,22+,25+,27+,28+,30-,31+,32+/m0/s1. The highest BCUT2D eigenvalue weighted by atomic mass is 16.6. The maximum atomic E-state index is 12.3. The predicted octanol–water partition coefficient (Wildman–Crippen LogP) is 7.81. The van der Waals surface area contributed by atoms with Crippen LogP contribution in [-0.4, -0.2) is 23.6 Å². The molecule has 2 saturated carbocycles. The summed E-state index contributed by atoms with van der Waals surface area (Å²) >= 11 is 0. The highest BCUT2D eigenvalue weighted by molar-refractivity contribution is 5.68. The van der Waals surface area contributed by atoms with Gasteiger partial charge in [-0.15, -0.1) is 0 Å². The van der Waals surface area contributed by atoms with Crippen LogP contribution in [0.1, 0.15) is 113 Å². The molecule has 0 amide bonds. The average molecular weight is 499 g/mol. The van der Waals surface area contributed by atoms with Crippen molar-refractivity contribution >= 4 is 11.9 Å². The summed E-state index contributed by atoms with van der Waals surface area (Å²) in [5.74, 6) is 3.14. The Kier molecular flexibility index (Phi) is 7.59. The Labute approximate surface area is 219 Å². The van der Waals surface area contributed by atoms with Crippen LogP contribution < -0.4 is 0 Å². The fraction of sp³-hybridized carbons (Fsp3) is 0.812. The first-order valence-electron chi connectivity index (χ1n) is 14.6. The van der Waals surface area contributed by atoms with Crippen molar-refractivity contribution in [1.82, 2.24) is 0 Å². The van der Waals surface area contributed by atoms with Crippen LogP contribution in [-0.2, 0) is 19.1 Å².